The van der Waals surface area contributed by atoms with Crippen molar-refractivity contribution in [3.8, 4) is 0 Å². The maximum absolute atomic E-state index is 13.4. The molecule has 0 bridgehead atoms. The molecule has 0 radical (unpaired) electrons. The Labute approximate surface area is 166 Å². The van der Waals surface area contributed by atoms with Crippen molar-refractivity contribution in [1.29, 1.82) is 0 Å². The van der Waals surface area contributed by atoms with E-state index in [1.807, 2.05) is 17.9 Å². The van der Waals surface area contributed by atoms with Crippen molar-refractivity contribution in [2.24, 2.45) is 4.99 Å². The van der Waals surface area contributed by atoms with E-state index in [4.69, 9.17) is 4.74 Å². The highest BCUT2D eigenvalue weighted by atomic mass is 19.4. The summed E-state index contributed by atoms with van der Waals surface area (Å²) in [5, 5.41) is 6.47. The second kappa shape index (κ2) is 7.69. The van der Waals surface area contributed by atoms with Gasteiger partial charge in [-0.2, -0.15) is 13.2 Å². The number of pyridine rings is 2. The predicted molar refractivity (Wildman–Crippen MR) is 101 cm³/mol. The monoisotopic (exact) mass is 406 g/mol. The minimum absolute atomic E-state index is 0.0119. The molecule has 154 valence electrons. The molecule has 0 aromatic carbocycles. The molecule has 0 spiro atoms. The van der Waals surface area contributed by atoms with Gasteiger partial charge in [0.2, 0.25) is 5.91 Å². The molecule has 2 N–H and O–H groups in total. The normalized spacial score (nSPS) is 24.8. The first-order valence-electron chi connectivity index (χ1n) is 9.28. The molecule has 1 fully saturated rings. The number of aliphatic imine (C=N–C) groups is 1. The average Bonchev–Trinajstić information content (AvgIpc) is 2.72. The van der Waals surface area contributed by atoms with E-state index in [1.54, 1.807) is 18.5 Å². The maximum atomic E-state index is 13.4. The van der Waals surface area contributed by atoms with Gasteiger partial charge in [-0.15, -0.1) is 0 Å². The number of anilines is 1. The van der Waals surface area contributed by atoms with Crippen molar-refractivity contribution < 1.29 is 17.9 Å². The molecule has 2 atom stereocenters. The largest absolute Gasteiger partial charge is 0.433 e. The molecule has 2 aromatic heterocycles. The van der Waals surface area contributed by atoms with E-state index in [0.29, 0.717) is 25.6 Å². The lowest BCUT2D eigenvalue weighted by atomic mass is 10.1. The molecule has 4 rings (SSSR count). The summed E-state index contributed by atoms with van der Waals surface area (Å²) in [7, 11) is 0. The predicted octanol–water partition coefficient (Wildman–Crippen LogP) is 2.46. The van der Waals surface area contributed by atoms with Gasteiger partial charge in [0, 0.05) is 43.3 Å². The first-order chi connectivity index (χ1) is 13.9. The number of hydrogen-bond donors (Lipinski definition) is 2. The van der Waals surface area contributed by atoms with Crippen LogP contribution in [0.2, 0.25) is 0 Å². The van der Waals surface area contributed by atoms with E-state index >= 15 is 0 Å². The number of hydrogen-bond acceptors (Lipinski definition) is 7. The Kier molecular flexibility index (Phi) is 5.24. The molecule has 7 nitrogen and oxygen atoms in total. The van der Waals surface area contributed by atoms with Gasteiger partial charge < -0.3 is 10.1 Å². The van der Waals surface area contributed by atoms with Gasteiger partial charge in [-0.05, 0) is 30.7 Å². The van der Waals surface area contributed by atoms with Crippen molar-refractivity contribution in [1.82, 2.24) is 20.2 Å². The van der Waals surface area contributed by atoms with Gasteiger partial charge in [-0.25, -0.2) is 14.9 Å². The van der Waals surface area contributed by atoms with Crippen molar-refractivity contribution >= 4 is 12.0 Å². The topological polar surface area (TPSA) is 74.7 Å². The fourth-order valence-corrected chi connectivity index (χ4v) is 3.59. The van der Waals surface area contributed by atoms with Crippen LogP contribution in [0.1, 0.15) is 23.7 Å². The van der Waals surface area contributed by atoms with Crippen LogP contribution >= 0.6 is 0 Å². The Morgan fingerprint density at radius 3 is 2.86 bits per heavy atom. The molecule has 2 aliphatic heterocycles. The quantitative estimate of drug-likeness (QED) is 0.813. The standard InChI is InChI=1S/C19H21F3N6O/c1-13-12-29-9-8-28(13)19(26-11-15-5-3-7-24-17(15)27-19)25-10-14-4-2-6-23-16(14)18(20,21)22/h2-7,11,13,25H,8-10,12H2,1H3,(H,24,27). The summed E-state index contributed by atoms with van der Waals surface area (Å²) in [6.07, 6.45) is -0.0538. The minimum atomic E-state index is -4.53. The third-order valence-electron chi connectivity index (χ3n) is 4.99. The lowest BCUT2D eigenvalue weighted by molar-refractivity contribution is -0.142. The summed E-state index contributed by atoms with van der Waals surface area (Å²) in [6.45, 7) is 3.45. The summed E-state index contributed by atoms with van der Waals surface area (Å²) in [4.78, 5) is 14.6. The Morgan fingerprint density at radius 2 is 2.07 bits per heavy atom. The molecule has 0 amide bonds. The third kappa shape index (κ3) is 3.96. The number of nitrogens with one attached hydrogen (secondary N) is 2. The number of ether oxygens (including phenoxy) is 1. The van der Waals surface area contributed by atoms with E-state index in [9.17, 15) is 13.2 Å². The van der Waals surface area contributed by atoms with Crippen LogP contribution in [-0.2, 0) is 17.5 Å². The fraction of sp³-hybridized carbons (Fsp3) is 0.421. The highest BCUT2D eigenvalue weighted by molar-refractivity contribution is 5.88. The number of halogens is 3. The van der Waals surface area contributed by atoms with Crippen LogP contribution in [0.5, 0.6) is 0 Å². The SMILES string of the molecule is CC1COCCN1C1(NCc2cccnc2C(F)(F)F)N=Cc2cccnc2N1. The number of alkyl halides is 3. The van der Waals surface area contributed by atoms with Crippen LogP contribution in [0.3, 0.4) is 0 Å². The van der Waals surface area contributed by atoms with Crippen LogP contribution in [0.15, 0.2) is 41.7 Å². The van der Waals surface area contributed by atoms with Gasteiger partial charge in [0.05, 0.1) is 13.2 Å². The van der Waals surface area contributed by atoms with Crippen molar-refractivity contribution in [3.05, 3.63) is 53.5 Å². The van der Waals surface area contributed by atoms with Crippen LogP contribution in [0.4, 0.5) is 19.0 Å². The van der Waals surface area contributed by atoms with Crippen molar-refractivity contribution in [2.45, 2.75) is 31.6 Å². The zero-order valence-corrected chi connectivity index (χ0v) is 15.8. The molecule has 2 unspecified atom stereocenters. The molecular formula is C19H21F3N6O. The summed E-state index contributed by atoms with van der Waals surface area (Å²) >= 11 is 0. The highest BCUT2D eigenvalue weighted by Crippen LogP contribution is 2.31. The van der Waals surface area contributed by atoms with Crippen LogP contribution in [-0.4, -0.2) is 52.8 Å². The minimum Gasteiger partial charge on any atom is -0.379 e. The van der Waals surface area contributed by atoms with Gasteiger partial charge >= 0.3 is 6.18 Å². The van der Waals surface area contributed by atoms with Gasteiger partial charge in [0.1, 0.15) is 11.5 Å². The maximum Gasteiger partial charge on any atom is 0.433 e. The number of fused-ring (bicyclic) bond motifs is 1. The Morgan fingerprint density at radius 1 is 1.28 bits per heavy atom. The molecule has 1 saturated heterocycles. The molecule has 0 aliphatic carbocycles. The van der Waals surface area contributed by atoms with E-state index < -0.39 is 17.8 Å². The molecule has 29 heavy (non-hydrogen) atoms. The van der Waals surface area contributed by atoms with Crippen LogP contribution in [0, 0.1) is 0 Å². The molecule has 2 aliphatic rings. The average molecular weight is 406 g/mol. The van der Waals surface area contributed by atoms with E-state index in [2.05, 4.69) is 25.6 Å². The summed E-state index contributed by atoms with van der Waals surface area (Å²) in [6, 6.07) is 6.56. The smallest absolute Gasteiger partial charge is 0.379 e. The van der Waals surface area contributed by atoms with Gasteiger partial charge in [0.25, 0.3) is 0 Å². The Balaban J connectivity index is 1.67. The van der Waals surface area contributed by atoms with Gasteiger partial charge in [0.15, 0.2) is 0 Å². The summed E-state index contributed by atoms with van der Waals surface area (Å²) in [5.41, 5.74) is -0.0525. The van der Waals surface area contributed by atoms with Crippen LogP contribution < -0.4 is 10.6 Å². The second-order valence-corrected chi connectivity index (χ2v) is 6.98. The van der Waals surface area contributed by atoms with Crippen molar-refractivity contribution in [2.75, 3.05) is 25.1 Å². The number of rotatable bonds is 4. The van der Waals surface area contributed by atoms with E-state index in [0.717, 1.165) is 11.8 Å². The number of aromatic nitrogens is 2. The third-order valence-corrected chi connectivity index (χ3v) is 4.99. The zero-order chi connectivity index (χ0) is 20.5. The summed E-state index contributed by atoms with van der Waals surface area (Å²) < 4.78 is 45.6. The first-order valence-corrected chi connectivity index (χ1v) is 9.28. The molecular weight excluding hydrogens is 385 g/mol. The Bertz CT molecular complexity index is 906. The fourth-order valence-electron chi connectivity index (χ4n) is 3.59. The van der Waals surface area contributed by atoms with Gasteiger partial charge in [-0.3, -0.25) is 10.3 Å². The molecule has 0 saturated carbocycles. The first kappa shape index (κ1) is 19.7. The number of morpholine rings is 1. The molecule has 10 heteroatoms. The van der Waals surface area contributed by atoms with Crippen molar-refractivity contribution in [3.63, 3.8) is 0 Å². The van der Waals surface area contributed by atoms with E-state index in [1.165, 1.54) is 12.1 Å². The molecule has 2 aromatic rings. The molecule has 4 heterocycles. The lowest BCUT2D eigenvalue weighted by Crippen LogP contribution is -2.68. The van der Waals surface area contributed by atoms with E-state index in [-0.39, 0.29) is 18.2 Å². The lowest BCUT2D eigenvalue weighted by Gasteiger charge is -2.48. The van der Waals surface area contributed by atoms with Crippen LogP contribution in [0.25, 0.3) is 0 Å². The number of nitrogens with zero attached hydrogens (tertiary/aromatic N) is 4. The summed E-state index contributed by atoms with van der Waals surface area (Å²) in [5.74, 6) is -0.542. The van der Waals surface area contributed by atoms with Gasteiger partial charge in [-0.1, -0.05) is 6.07 Å². The highest BCUT2D eigenvalue weighted by Gasteiger charge is 2.43. The zero-order valence-electron chi connectivity index (χ0n) is 15.8. The Hall–Kier alpha value is -2.56. The second-order valence-electron chi connectivity index (χ2n) is 6.98.